The molecular weight excluding hydrogens is 167 g/mol. The second-order valence-electron chi connectivity index (χ2n) is 2.94. The Kier molecular flexibility index (Phi) is 2.09. The maximum Gasteiger partial charge on any atom is 0.341 e. The highest BCUT2D eigenvalue weighted by Gasteiger charge is 2.61. The van der Waals surface area contributed by atoms with Gasteiger partial charge in [0.2, 0.25) is 5.67 Å². The number of carbonyl (C=O) groups is 1. The Morgan fingerprint density at radius 3 is 2.08 bits per heavy atom. The molecule has 4 nitrogen and oxygen atoms in total. The minimum atomic E-state index is -2.17. The lowest BCUT2D eigenvalue weighted by Gasteiger charge is -2.46. The van der Waals surface area contributed by atoms with E-state index in [0.717, 1.165) is 0 Å². The summed E-state index contributed by atoms with van der Waals surface area (Å²) < 4.78 is 22.8. The quantitative estimate of drug-likeness (QED) is 0.641. The molecule has 0 unspecified atom stereocenters. The van der Waals surface area contributed by atoms with Gasteiger partial charge in [-0.2, -0.15) is 0 Å². The van der Waals surface area contributed by atoms with Crippen molar-refractivity contribution in [2.75, 3.05) is 14.2 Å². The van der Waals surface area contributed by atoms with E-state index in [2.05, 4.69) is 0 Å². The van der Waals surface area contributed by atoms with Crippen molar-refractivity contribution < 1.29 is 23.8 Å². The summed E-state index contributed by atoms with van der Waals surface area (Å²) in [6, 6.07) is 0. The summed E-state index contributed by atoms with van der Waals surface area (Å²) in [5.74, 6) is -2.49. The van der Waals surface area contributed by atoms with Crippen molar-refractivity contribution in [2.45, 2.75) is 24.3 Å². The van der Waals surface area contributed by atoms with Crippen LogP contribution in [0.1, 0.15) is 12.8 Å². The third kappa shape index (κ3) is 1.19. The van der Waals surface area contributed by atoms with Crippen LogP contribution in [0.25, 0.3) is 0 Å². The third-order valence-corrected chi connectivity index (χ3v) is 2.23. The molecule has 1 aliphatic rings. The van der Waals surface area contributed by atoms with E-state index >= 15 is 0 Å². The van der Waals surface area contributed by atoms with Crippen LogP contribution in [-0.2, 0) is 14.3 Å². The predicted octanol–water partition coefficient (Wildman–Crippen LogP) is 0.562. The Labute approximate surface area is 69.3 Å². The van der Waals surface area contributed by atoms with Gasteiger partial charge in [0, 0.05) is 27.1 Å². The van der Waals surface area contributed by atoms with Crippen LogP contribution < -0.4 is 0 Å². The van der Waals surface area contributed by atoms with Gasteiger partial charge in [0.25, 0.3) is 0 Å². The zero-order valence-corrected chi connectivity index (χ0v) is 6.96. The highest BCUT2D eigenvalue weighted by atomic mass is 19.1. The Morgan fingerprint density at radius 2 is 1.83 bits per heavy atom. The van der Waals surface area contributed by atoms with Crippen LogP contribution in [0.5, 0.6) is 0 Å². The molecule has 0 aromatic carbocycles. The van der Waals surface area contributed by atoms with Gasteiger partial charge in [0.1, 0.15) is 0 Å². The monoisotopic (exact) mass is 178 g/mol. The molecule has 70 valence electrons. The van der Waals surface area contributed by atoms with E-state index in [1.54, 1.807) is 0 Å². The lowest BCUT2D eigenvalue weighted by molar-refractivity contribution is -0.295. The largest absolute Gasteiger partial charge is 0.479 e. The molecule has 0 heterocycles. The molecule has 0 saturated heterocycles. The molecule has 0 aromatic rings. The molecule has 0 spiro atoms. The van der Waals surface area contributed by atoms with Crippen LogP contribution >= 0.6 is 0 Å². The van der Waals surface area contributed by atoms with Gasteiger partial charge in [-0.1, -0.05) is 0 Å². The lowest BCUT2D eigenvalue weighted by Crippen LogP contribution is -2.60. The standard InChI is InChI=1S/C7H11FO4/c1-11-7(12-2)3-6(8,4-7)5(9)10/h3-4H2,1-2H3,(H,9,10). The Hall–Kier alpha value is -0.680. The summed E-state index contributed by atoms with van der Waals surface area (Å²) >= 11 is 0. The predicted molar refractivity (Wildman–Crippen MR) is 37.5 cm³/mol. The SMILES string of the molecule is COC1(OC)CC(F)(C(=O)O)C1. The van der Waals surface area contributed by atoms with Gasteiger partial charge in [-0.15, -0.1) is 0 Å². The van der Waals surface area contributed by atoms with Crippen LogP contribution in [0.15, 0.2) is 0 Å². The van der Waals surface area contributed by atoms with E-state index < -0.39 is 17.4 Å². The maximum atomic E-state index is 13.1. The maximum absolute atomic E-state index is 13.1. The van der Waals surface area contributed by atoms with Crippen molar-refractivity contribution in [1.29, 1.82) is 0 Å². The molecule has 0 bridgehead atoms. The molecule has 0 amide bonds. The van der Waals surface area contributed by atoms with Crippen molar-refractivity contribution in [3.63, 3.8) is 0 Å². The van der Waals surface area contributed by atoms with Gasteiger partial charge in [-0.25, -0.2) is 9.18 Å². The zero-order chi connectivity index (χ0) is 9.41. The van der Waals surface area contributed by atoms with Crippen LogP contribution in [-0.4, -0.2) is 36.8 Å². The highest BCUT2D eigenvalue weighted by molar-refractivity contribution is 5.79. The fourth-order valence-corrected chi connectivity index (χ4v) is 1.33. The minimum Gasteiger partial charge on any atom is -0.479 e. The summed E-state index contributed by atoms with van der Waals surface area (Å²) in [6.45, 7) is 0. The van der Waals surface area contributed by atoms with Crippen LogP contribution in [0, 0.1) is 0 Å². The fourth-order valence-electron chi connectivity index (χ4n) is 1.33. The van der Waals surface area contributed by atoms with Gasteiger partial charge in [0.15, 0.2) is 5.79 Å². The Bertz CT molecular complexity index is 192. The Balaban J connectivity index is 2.60. The number of ether oxygens (including phenoxy) is 2. The fraction of sp³-hybridized carbons (Fsp3) is 0.857. The highest BCUT2D eigenvalue weighted by Crippen LogP contribution is 2.47. The number of halogens is 1. The van der Waals surface area contributed by atoms with Crippen LogP contribution in [0.4, 0.5) is 4.39 Å². The molecule has 0 atom stereocenters. The molecule has 12 heavy (non-hydrogen) atoms. The van der Waals surface area contributed by atoms with Gasteiger partial charge in [-0.05, 0) is 0 Å². The van der Waals surface area contributed by atoms with Gasteiger partial charge in [0.05, 0.1) is 0 Å². The number of hydrogen-bond acceptors (Lipinski definition) is 3. The summed E-state index contributed by atoms with van der Waals surface area (Å²) in [7, 11) is 2.73. The van der Waals surface area contributed by atoms with Gasteiger partial charge in [-0.3, -0.25) is 0 Å². The number of aliphatic carboxylic acids is 1. The first-order valence-corrected chi connectivity index (χ1v) is 3.51. The lowest BCUT2D eigenvalue weighted by atomic mass is 9.76. The second-order valence-corrected chi connectivity index (χ2v) is 2.94. The number of methoxy groups -OCH3 is 2. The molecule has 0 aliphatic heterocycles. The van der Waals surface area contributed by atoms with E-state index in [4.69, 9.17) is 14.6 Å². The molecule has 1 aliphatic carbocycles. The van der Waals surface area contributed by atoms with Gasteiger partial charge >= 0.3 is 5.97 Å². The molecular formula is C7H11FO4. The zero-order valence-electron chi connectivity index (χ0n) is 6.96. The van der Waals surface area contributed by atoms with Crippen molar-refractivity contribution >= 4 is 5.97 Å². The number of alkyl halides is 1. The first-order valence-electron chi connectivity index (χ1n) is 3.51. The van der Waals surface area contributed by atoms with Gasteiger partial charge < -0.3 is 14.6 Å². The average molecular weight is 178 g/mol. The summed E-state index contributed by atoms with van der Waals surface area (Å²) in [4.78, 5) is 10.3. The summed E-state index contributed by atoms with van der Waals surface area (Å²) in [6.07, 6.45) is -0.495. The molecule has 1 fully saturated rings. The van der Waals surface area contributed by atoms with E-state index in [1.807, 2.05) is 0 Å². The minimum absolute atomic E-state index is 0.248. The number of hydrogen-bond donors (Lipinski definition) is 1. The topological polar surface area (TPSA) is 55.8 Å². The number of carboxylic acid groups (broad SMARTS) is 1. The first-order chi connectivity index (χ1) is 5.48. The number of carboxylic acids is 1. The van der Waals surface area contributed by atoms with E-state index in [1.165, 1.54) is 14.2 Å². The first kappa shape index (κ1) is 9.41. The van der Waals surface area contributed by atoms with E-state index in [9.17, 15) is 9.18 Å². The summed E-state index contributed by atoms with van der Waals surface area (Å²) in [5.41, 5.74) is -2.17. The third-order valence-electron chi connectivity index (χ3n) is 2.23. The van der Waals surface area contributed by atoms with Crippen molar-refractivity contribution in [3.05, 3.63) is 0 Å². The molecule has 5 heteroatoms. The van der Waals surface area contributed by atoms with Crippen LogP contribution in [0.2, 0.25) is 0 Å². The average Bonchev–Trinajstić information content (AvgIpc) is 1.98. The molecule has 1 N–H and O–H groups in total. The molecule has 1 rings (SSSR count). The number of rotatable bonds is 3. The Morgan fingerprint density at radius 1 is 1.42 bits per heavy atom. The summed E-state index contributed by atoms with van der Waals surface area (Å²) in [5, 5.41) is 8.43. The normalized spacial score (nSPS) is 24.6. The second kappa shape index (κ2) is 2.67. The van der Waals surface area contributed by atoms with Crippen molar-refractivity contribution in [1.82, 2.24) is 0 Å². The van der Waals surface area contributed by atoms with E-state index in [0.29, 0.717) is 0 Å². The molecule has 0 aromatic heterocycles. The van der Waals surface area contributed by atoms with Crippen LogP contribution in [0.3, 0.4) is 0 Å². The van der Waals surface area contributed by atoms with E-state index in [-0.39, 0.29) is 12.8 Å². The molecule has 0 radical (unpaired) electrons. The smallest absolute Gasteiger partial charge is 0.341 e. The van der Waals surface area contributed by atoms with Crippen molar-refractivity contribution in [2.24, 2.45) is 0 Å². The van der Waals surface area contributed by atoms with Crippen molar-refractivity contribution in [3.8, 4) is 0 Å². The molecule has 1 saturated carbocycles.